The van der Waals surface area contributed by atoms with Gasteiger partial charge in [0.2, 0.25) is 0 Å². The summed E-state index contributed by atoms with van der Waals surface area (Å²) in [7, 11) is 0. The van der Waals surface area contributed by atoms with E-state index < -0.39 is 0 Å². The van der Waals surface area contributed by atoms with Gasteiger partial charge in [-0.15, -0.1) is 0 Å². The highest BCUT2D eigenvalue weighted by Crippen LogP contribution is 1.65. The van der Waals surface area contributed by atoms with Crippen LogP contribution in [0.15, 0.2) is 0 Å². The zero-order chi connectivity index (χ0) is 3.58. The summed E-state index contributed by atoms with van der Waals surface area (Å²) in [5.41, 5.74) is 0. The molecule has 1 nitrogen and oxygen atoms in total. The molecule has 0 aliphatic rings. The lowest BCUT2D eigenvalue weighted by atomic mass is 11.1. The fraction of sp³-hybridized carbons (Fsp3) is 1.00. The van der Waals surface area contributed by atoms with E-state index in [9.17, 15) is 0 Å². The molecule has 0 atom stereocenters. The van der Waals surface area contributed by atoms with Crippen LogP contribution in [0.25, 0.3) is 0 Å². The summed E-state index contributed by atoms with van der Waals surface area (Å²) in [6.45, 7) is 3.44. The van der Waals surface area contributed by atoms with Crippen LogP contribution in [0.3, 0.4) is 0 Å². The molecule has 0 radical (unpaired) electrons. The van der Waals surface area contributed by atoms with Gasteiger partial charge < -0.3 is 5.11 Å². The maximum Gasteiger partial charge on any atom is 0.0483 e. The van der Waals surface area contributed by atoms with Gasteiger partial charge in [-0.2, -0.15) is 0 Å². The Hall–Kier alpha value is -0.0400. The molecule has 0 unspecified atom stereocenters. The van der Waals surface area contributed by atoms with Crippen molar-refractivity contribution in [1.29, 1.82) is 0 Å². The van der Waals surface area contributed by atoms with E-state index in [2.05, 4.69) is 0 Å². The lowest BCUT2D eigenvalue weighted by Gasteiger charge is -1.80. The molecule has 0 amide bonds. The van der Waals surface area contributed by atoms with Crippen LogP contribution < -0.4 is 0 Å². The van der Waals surface area contributed by atoms with Gasteiger partial charge in [0.1, 0.15) is 0 Å². The number of rotatable bonds is 0. The minimum absolute atomic E-state index is 0.167. The topological polar surface area (TPSA) is 20.2 Å². The lowest BCUT2D eigenvalue weighted by molar-refractivity contribution is 0.216. The molecular formula is C3H8O. The predicted molar refractivity (Wildman–Crippen MR) is 17.4 cm³/mol. The number of hydrogen-bond acceptors (Lipinski definition) is 1. The zero-order valence-electron chi connectivity index (χ0n) is 3.02. The van der Waals surface area contributed by atoms with Crippen LogP contribution in [-0.4, -0.2) is 11.2 Å². The standard InChI is InChI=1S/C3H8O/c1-3(2)4/h3-4H,1-2H3/i1+2,2+2. The van der Waals surface area contributed by atoms with Crippen molar-refractivity contribution in [3.63, 3.8) is 0 Å². The molecule has 0 aromatic carbocycles. The van der Waals surface area contributed by atoms with Gasteiger partial charge in [-0.05, 0) is 13.8 Å². The summed E-state index contributed by atoms with van der Waals surface area (Å²) < 4.78 is 0. The Morgan fingerprint density at radius 1 is 1.50 bits per heavy atom. The molecule has 0 saturated carbocycles. The Kier molecular flexibility index (Phi) is 1.28. The molecule has 0 saturated heterocycles. The minimum atomic E-state index is -0.167. The summed E-state index contributed by atoms with van der Waals surface area (Å²) in [5.74, 6) is 0. The Morgan fingerprint density at radius 3 is 1.50 bits per heavy atom. The van der Waals surface area contributed by atoms with E-state index in [1.807, 2.05) is 0 Å². The van der Waals surface area contributed by atoms with Crippen LogP contribution in [0.4, 0.5) is 0 Å². The third kappa shape index (κ3) is 1130. The monoisotopic (exact) mass is 64.1 g/mol. The van der Waals surface area contributed by atoms with E-state index in [1.54, 1.807) is 13.8 Å². The van der Waals surface area contributed by atoms with Crippen molar-refractivity contribution in [3.8, 4) is 0 Å². The van der Waals surface area contributed by atoms with E-state index >= 15 is 0 Å². The molecule has 0 heterocycles. The molecular weight excluding hydrogens is 56.0 g/mol. The van der Waals surface area contributed by atoms with E-state index in [0.29, 0.717) is 0 Å². The average Bonchev–Trinajstić information content (AvgIpc) is 0.811. The smallest absolute Gasteiger partial charge is 0.0483 e. The molecule has 1 N–H and O–H groups in total. The lowest BCUT2D eigenvalue weighted by Crippen LogP contribution is -1.85. The third-order valence-electron chi connectivity index (χ3n) is 0. The summed E-state index contributed by atoms with van der Waals surface area (Å²) in [4.78, 5) is 0. The minimum Gasteiger partial charge on any atom is -0.394 e. The second-order valence-electron chi connectivity index (χ2n) is 1.09. The van der Waals surface area contributed by atoms with Crippen molar-refractivity contribution in [1.82, 2.24) is 0 Å². The van der Waals surface area contributed by atoms with Crippen molar-refractivity contribution in [3.05, 3.63) is 0 Å². The Morgan fingerprint density at radius 2 is 1.50 bits per heavy atom. The highest BCUT2D eigenvalue weighted by Gasteiger charge is 1.69. The number of aliphatic hydroxyl groups is 1. The van der Waals surface area contributed by atoms with Gasteiger partial charge in [-0.1, -0.05) is 0 Å². The van der Waals surface area contributed by atoms with Crippen molar-refractivity contribution >= 4 is 0 Å². The van der Waals surface area contributed by atoms with Gasteiger partial charge in [0.25, 0.3) is 0 Å². The maximum atomic E-state index is 8.06. The van der Waals surface area contributed by atoms with E-state index in [0.717, 1.165) is 0 Å². The quantitative estimate of drug-likeness (QED) is 0.432. The van der Waals surface area contributed by atoms with Crippen LogP contribution in [0.1, 0.15) is 13.8 Å². The van der Waals surface area contributed by atoms with Gasteiger partial charge >= 0.3 is 0 Å². The summed E-state index contributed by atoms with van der Waals surface area (Å²) >= 11 is 0. The third-order valence-corrected chi connectivity index (χ3v) is 0. The molecule has 26 valence electrons. The van der Waals surface area contributed by atoms with Gasteiger partial charge in [0, 0.05) is 6.10 Å². The predicted octanol–water partition coefficient (Wildman–Crippen LogP) is 0.387. The highest BCUT2D eigenvalue weighted by atomic mass is 16.3. The van der Waals surface area contributed by atoms with Gasteiger partial charge in [-0.3, -0.25) is 0 Å². The van der Waals surface area contributed by atoms with E-state index in [1.165, 1.54) is 0 Å². The van der Waals surface area contributed by atoms with Crippen molar-refractivity contribution < 1.29 is 5.11 Å². The zero-order valence-corrected chi connectivity index (χ0v) is 3.02. The number of hydrogen-bond donors (Lipinski definition) is 1. The Labute approximate surface area is 26.3 Å². The fourth-order valence-electron chi connectivity index (χ4n) is 0. The molecule has 4 heavy (non-hydrogen) atoms. The summed E-state index contributed by atoms with van der Waals surface area (Å²) in [6.07, 6.45) is -0.167. The van der Waals surface area contributed by atoms with Crippen LogP contribution in [0.5, 0.6) is 0 Å². The molecule has 0 aliphatic heterocycles. The molecule has 0 aromatic heterocycles. The van der Waals surface area contributed by atoms with Crippen molar-refractivity contribution in [2.45, 2.75) is 20.0 Å². The molecule has 0 aromatic rings. The van der Waals surface area contributed by atoms with Crippen LogP contribution in [-0.2, 0) is 0 Å². The fourth-order valence-corrected chi connectivity index (χ4v) is 0. The van der Waals surface area contributed by atoms with Gasteiger partial charge in [-0.25, -0.2) is 0 Å². The van der Waals surface area contributed by atoms with Crippen LogP contribution in [0, 0.1) is 0 Å². The van der Waals surface area contributed by atoms with Gasteiger partial charge in [0.15, 0.2) is 0 Å². The van der Waals surface area contributed by atoms with E-state index in [-0.39, 0.29) is 6.10 Å². The second-order valence-corrected chi connectivity index (χ2v) is 1.09. The molecule has 0 bridgehead atoms. The molecule has 0 aliphatic carbocycles. The summed E-state index contributed by atoms with van der Waals surface area (Å²) in [6, 6.07) is 0. The van der Waals surface area contributed by atoms with Gasteiger partial charge in [0.05, 0.1) is 0 Å². The van der Waals surface area contributed by atoms with E-state index in [4.69, 9.17) is 5.11 Å². The highest BCUT2D eigenvalue weighted by molar-refractivity contribution is 4.20. The first-order valence-corrected chi connectivity index (χ1v) is 1.41. The SMILES string of the molecule is [14CH3]C([14CH3])O. The largest absolute Gasteiger partial charge is 0.394 e. The normalized spacial score (nSPS) is 9.00. The Balaban J connectivity index is 2.32. The van der Waals surface area contributed by atoms with Crippen LogP contribution in [0.2, 0.25) is 0 Å². The molecule has 0 fully saturated rings. The maximum absolute atomic E-state index is 8.06. The first-order valence-electron chi connectivity index (χ1n) is 1.41. The Bertz CT molecular complexity index is 8.00. The van der Waals surface area contributed by atoms with Crippen molar-refractivity contribution in [2.75, 3.05) is 0 Å². The van der Waals surface area contributed by atoms with Crippen LogP contribution >= 0.6 is 0 Å². The van der Waals surface area contributed by atoms with Crippen molar-refractivity contribution in [2.24, 2.45) is 0 Å². The average molecular weight is 64.1 g/mol. The first kappa shape index (κ1) is 3.96. The number of aliphatic hydroxyl groups excluding tert-OH is 1. The molecule has 0 rings (SSSR count). The molecule has 0 spiro atoms. The first-order chi connectivity index (χ1) is 1.73. The molecule has 1 heteroatoms. The summed E-state index contributed by atoms with van der Waals surface area (Å²) in [5, 5.41) is 8.06. The second kappa shape index (κ2) is 1.30.